The molecule has 0 saturated carbocycles. The summed E-state index contributed by atoms with van der Waals surface area (Å²) in [6.45, 7) is 15.4. The monoisotopic (exact) mass is 632 g/mol. The van der Waals surface area contributed by atoms with Gasteiger partial charge in [-0.3, -0.25) is 4.99 Å². The summed E-state index contributed by atoms with van der Waals surface area (Å²) in [6.07, 6.45) is 3.22. The molecule has 4 heterocycles. The van der Waals surface area contributed by atoms with Gasteiger partial charge < -0.3 is 15.0 Å². The lowest BCUT2D eigenvalue weighted by Gasteiger charge is -2.22. The molecule has 2 aromatic carbocycles. The lowest BCUT2D eigenvalue weighted by molar-refractivity contribution is 0.487. The van der Waals surface area contributed by atoms with Gasteiger partial charge in [-0.25, -0.2) is 0 Å². The van der Waals surface area contributed by atoms with E-state index in [0.29, 0.717) is 0 Å². The molecule has 0 saturated heterocycles. The van der Waals surface area contributed by atoms with Crippen LogP contribution in [0.4, 0.5) is 0 Å². The van der Waals surface area contributed by atoms with Crippen LogP contribution < -0.4 is 0 Å². The summed E-state index contributed by atoms with van der Waals surface area (Å²) < 4.78 is 0.984. The van der Waals surface area contributed by atoms with Gasteiger partial charge in [0, 0.05) is 45.3 Å². The fraction of sp³-hybridized carbons (Fsp3) is 0.289. The van der Waals surface area contributed by atoms with Crippen LogP contribution in [0.2, 0.25) is 0 Å². The number of hydrogen-bond donors (Lipinski definition) is 3. The Hall–Kier alpha value is -3.83. The number of halogens is 1. The average Bonchev–Trinajstić information content (AvgIpc) is 3.72. The number of hydrogen-bond acceptors (Lipinski definition) is 1. The Labute approximate surface area is 263 Å². The maximum atomic E-state index is 4.86. The van der Waals surface area contributed by atoms with Crippen molar-refractivity contribution in [2.24, 2.45) is 10.4 Å². The van der Waals surface area contributed by atoms with E-state index < -0.39 is 0 Å². The molecule has 1 aliphatic heterocycles. The SMILES string of the molecule is CC1=N/C(=C\c2ccc(C(c3ccc(C)cc3)c3ccc(C(c4ccc(Br)[nH]4)c4c(C)cc(C)cc4C)[nH]3)[nH]2)C(C)(C)C1. The Bertz CT molecular complexity index is 1820. The summed E-state index contributed by atoms with van der Waals surface area (Å²) in [5.41, 5.74) is 15.8. The molecule has 0 fully saturated rings. The van der Waals surface area contributed by atoms with Crippen LogP contribution in [0.3, 0.4) is 0 Å². The van der Waals surface area contributed by atoms with Gasteiger partial charge in [0.25, 0.3) is 0 Å². The van der Waals surface area contributed by atoms with Crippen LogP contribution in [0.1, 0.15) is 101 Å². The first-order chi connectivity index (χ1) is 20.5. The Morgan fingerprint density at radius 1 is 0.698 bits per heavy atom. The molecular formula is C38H41BrN4. The Morgan fingerprint density at radius 3 is 1.88 bits per heavy atom. The van der Waals surface area contributed by atoms with E-state index in [0.717, 1.165) is 39.5 Å². The number of H-pyrrole nitrogens is 3. The summed E-state index contributed by atoms with van der Waals surface area (Å²) >= 11 is 3.65. The highest BCUT2D eigenvalue weighted by Gasteiger charge is 2.30. The average molecular weight is 634 g/mol. The van der Waals surface area contributed by atoms with Crippen LogP contribution in [0.5, 0.6) is 0 Å². The third-order valence-corrected chi connectivity index (χ3v) is 9.27. The first-order valence-corrected chi connectivity index (χ1v) is 15.9. The number of allylic oxidation sites excluding steroid dienone is 1. The van der Waals surface area contributed by atoms with Gasteiger partial charge in [-0.1, -0.05) is 61.4 Å². The third kappa shape index (κ3) is 5.88. The lowest BCUT2D eigenvalue weighted by atomic mass is 9.85. The van der Waals surface area contributed by atoms with Crippen LogP contribution in [-0.4, -0.2) is 20.7 Å². The van der Waals surface area contributed by atoms with Gasteiger partial charge in [-0.15, -0.1) is 0 Å². The predicted octanol–water partition coefficient (Wildman–Crippen LogP) is 10.3. The van der Waals surface area contributed by atoms with Crippen LogP contribution in [0.25, 0.3) is 6.08 Å². The summed E-state index contributed by atoms with van der Waals surface area (Å²) in [5, 5.41) is 0. The molecule has 3 N–H and O–H groups in total. The fourth-order valence-corrected chi connectivity index (χ4v) is 7.27. The summed E-state index contributed by atoms with van der Waals surface area (Å²) in [6, 6.07) is 26.7. The molecule has 2 atom stereocenters. The Kier molecular flexibility index (Phi) is 7.72. The largest absolute Gasteiger partial charge is 0.361 e. The number of aliphatic imine (C=N–C) groups is 1. The van der Waals surface area contributed by atoms with E-state index in [1.807, 2.05) is 0 Å². The van der Waals surface area contributed by atoms with Gasteiger partial charge in [0.2, 0.25) is 0 Å². The van der Waals surface area contributed by atoms with Crippen molar-refractivity contribution in [1.29, 1.82) is 0 Å². The highest BCUT2D eigenvalue weighted by atomic mass is 79.9. The van der Waals surface area contributed by atoms with Crippen molar-refractivity contribution >= 4 is 27.7 Å². The Balaban J connectivity index is 1.45. The second-order valence-corrected chi connectivity index (χ2v) is 13.9. The van der Waals surface area contributed by atoms with Crippen molar-refractivity contribution < 1.29 is 0 Å². The number of benzene rings is 2. The quantitative estimate of drug-likeness (QED) is 0.160. The van der Waals surface area contributed by atoms with E-state index in [9.17, 15) is 0 Å². The molecule has 3 aromatic heterocycles. The van der Waals surface area contributed by atoms with Crippen molar-refractivity contribution in [2.45, 2.75) is 66.7 Å². The summed E-state index contributed by atoms with van der Waals surface area (Å²) in [5.74, 6) is 0.0773. The molecule has 4 nitrogen and oxygen atoms in total. The van der Waals surface area contributed by atoms with Gasteiger partial charge in [0.1, 0.15) is 0 Å². The third-order valence-electron chi connectivity index (χ3n) is 8.81. The summed E-state index contributed by atoms with van der Waals surface area (Å²) in [7, 11) is 0. The molecule has 0 aliphatic carbocycles. The number of aromatic nitrogens is 3. The molecule has 5 aromatic rings. The number of aromatic amines is 3. The number of nitrogens with zero attached hydrogens (tertiary/aromatic N) is 1. The topological polar surface area (TPSA) is 59.7 Å². The smallest absolute Gasteiger partial charge is 0.0822 e. The van der Waals surface area contributed by atoms with Crippen LogP contribution in [0, 0.1) is 33.1 Å². The van der Waals surface area contributed by atoms with Gasteiger partial charge in [-0.05, 0) is 122 Å². The first kappa shape index (κ1) is 29.3. The van der Waals surface area contributed by atoms with Crippen molar-refractivity contribution in [3.63, 3.8) is 0 Å². The number of rotatable bonds is 7. The minimum atomic E-state index is 0.0274. The van der Waals surface area contributed by atoms with Crippen LogP contribution >= 0.6 is 15.9 Å². The highest BCUT2D eigenvalue weighted by molar-refractivity contribution is 9.10. The number of nitrogens with one attached hydrogen (secondary N) is 3. The minimum Gasteiger partial charge on any atom is -0.361 e. The molecule has 0 amide bonds. The molecule has 0 spiro atoms. The van der Waals surface area contributed by atoms with Crippen LogP contribution in [0.15, 0.2) is 88.1 Å². The highest BCUT2D eigenvalue weighted by Crippen LogP contribution is 2.40. The second kappa shape index (κ2) is 11.3. The zero-order valence-corrected chi connectivity index (χ0v) is 27.8. The molecular weight excluding hydrogens is 592 g/mol. The summed E-state index contributed by atoms with van der Waals surface area (Å²) in [4.78, 5) is 16.1. The van der Waals surface area contributed by atoms with Crippen molar-refractivity contribution in [3.8, 4) is 0 Å². The lowest BCUT2D eigenvalue weighted by Crippen LogP contribution is -2.10. The van der Waals surface area contributed by atoms with Crippen molar-refractivity contribution in [3.05, 3.63) is 145 Å². The van der Waals surface area contributed by atoms with Gasteiger partial charge in [-0.2, -0.15) is 0 Å². The predicted molar refractivity (Wildman–Crippen MR) is 183 cm³/mol. The van der Waals surface area contributed by atoms with E-state index >= 15 is 0 Å². The van der Waals surface area contributed by atoms with Crippen LogP contribution in [-0.2, 0) is 0 Å². The van der Waals surface area contributed by atoms with E-state index in [-0.39, 0.29) is 17.3 Å². The standard InChI is InChI=1S/C38H41BrN4/c1-22-8-10-27(11-9-22)36(29-13-12-28(41-29)20-33-38(6,7)21-26(5)40-33)30-14-15-31(42-30)37(32-16-17-34(39)43-32)35-24(3)18-23(2)19-25(35)4/h8-20,36-37,41-43H,21H2,1-7H3/b33-20-. The van der Waals surface area contributed by atoms with E-state index in [1.54, 1.807) is 0 Å². The molecule has 5 heteroatoms. The molecule has 1 aliphatic rings. The molecule has 0 radical (unpaired) electrons. The van der Waals surface area contributed by atoms with E-state index in [2.05, 4.69) is 158 Å². The maximum Gasteiger partial charge on any atom is 0.0822 e. The maximum absolute atomic E-state index is 4.86. The molecule has 220 valence electrons. The molecule has 6 rings (SSSR count). The number of aryl methyl sites for hydroxylation is 4. The fourth-order valence-electron chi connectivity index (χ4n) is 6.91. The zero-order valence-electron chi connectivity index (χ0n) is 26.2. The second-order valence-electron chi connectivity index (χ2n) is 13.0. The van der Waals surface area contributed by atoms with Gasteiger partial charge >= 0.3 is 0 Å². The molecule has 0 bridgehead atoms. The van der Waals surface area contributed by atoms with Gasteiger partial charge in [0.15, 0.2) is 0 Å². The molecule has 43 heavy (non-hydrogen) atoms. The Morgan fingerprint density at radius 2 is 1.28 bits per heavy atom. The normalized spacial score (nSPS) is 16.9. The van der Waals surface area contributed by atoms with Crippen molar-refractivity contribution in [2.75, 3.05) is 0 Å². The first-order valence-electron chi connectivity index (χ1n) is 15.1. The molecule has 2 unspecified atom stereocenters. The van der Waals surface area contributed by atoms with E-state index in [1.165, 1.54) is 44.8 Å². The van der Waals surface area contributed by atoms with Gasteiger partial charge in [0.05, 0.1) is 16.4 Å². The zero-order chi connectivity index (χ0) is 30.5. The van der Waals surface area contributed by atoms with E-state index in [4.69, 9.17) is 4.99 Å². The minimum absolute atomic E-state index is 0.0274. The van der Waals surface area contributed by atoms with Crippen molar-refractivity contribution in [1.82, 2.24) is 15.0 Å².